The van der Waals surface area contributed by atoms with Crippen molar-refractivity contribution in [3.8, 4) is 0 Å². The highest BCUT2D eigenvalue weighted by molar-refractivity contribution is 4.91. The third-order valence-electron chi connectivity index (χ3n) is 2.19. The van der Waals surface area contributed by atoms with Crippen LogP contribution in [-0.4, -0.2) is 74.1 Å². The summed E-state index contributed by atoms with van der Waals surface area (Å²) in [4.78, 5) is 0. The number of hydrogen-bond donors (Lipinski definition) is 6. The SMILES string of the molecule is OCC(O)C1O[C@H](O)C(O)C(O)C1O. The van der Waals surface area contributed by atoms with Crippen LogP contribution in [-0.2, 0) is 4.74 Å². The largest absolute Gasteiger partial charge is 0.394 e. The van der Waals surface area contributed by atoms with Crippen molar-refractivity contribution in [1.82, 2.24) is 0 Å². The normalized spacial score (nSPS) is 46.3. The fourth-order valence-corrected chi connectivity index (χ4v) is 1.31. The van der Waals surface area contributed by atoms with Gasteiger partial charge in [-0.25, -0.2) is 0 Å². The Morgan fingerprint density at radius 2 is 1.57 bits per heavy atom. The van der Waals surface area contributed by atoms with Gasteiger partial charge in [0.15, 0.2) is 6.29 Å². The second kappa shape index (κ2) is 4.49. The van der Waals surface area contributed by atoms with Crippen LogP contribution < -0.4 is 0 Å². The van der Waals surface area contributed by atoms with Crippen molar-refractivity contribution in [3.05, 3.63) is 0 Å². The molecule has 84 valence electrons. The molecular formula is C7H14O7. The minimum Gasteiger partial charge on any atom is -0.394 e. The van der Waals surface area contributed by atoms with E-state index in [4.69, 9.17) is 20.4 Å². The molecule has 1 aliphatic rings. The summed E-state index contributed by atoms with van der Waals surface area (Å²) in [6, 6.07) is 0. The van der Waals surface area contributed by atoms with Crippen molar-refractivity contribution < 1.29 is 35.4 Å². The third-order valence-corrected chi connectivity index (χ3v) is 2.19. The zero-order valence-electron chi connectivity index (χ0n) is 7.26. The molecule has 0 bridgehead atoms. The maximum Gasteiger partial charge on any atom is 0.184 e. The van der Waals surface area contributed by atoms with Gasteiger partial charge in [-0.1, -0.05) is 0 Å². The van der Waals surface area contributed by atoms with E-state index in [1.165, 1.54) is 0 Å². The van der Waals surface area contributed by atoms with E-state index in [1.54, 1.807) is 0 Å². The predicted octanol–water partition coefficient (Wildman–Crippen LogP) is -3.86. The van der Waals surface area contributed by atoms with Gasteiger partial charge in [0.25, 0.3) is 0 Å². The fourth-order valence-electron chi connectivity index (χ4n) is 1.31. The minimum atomic E-state index is -1.69. The van der Waals surface area contributed by atoms with Gasteiger partial charge < -0.3 is 35.4 Å². The molecule has 0 aliphatic carbocycles. The third kappa shape index (κ3) is 2.04. The first kappa shape index (κ1) is 11.8. The summed E-state index contributed by atoms with van der Waals surface area (Å²) in [5.74, 6) is 0. The molecule has 1 heterocycles. The summed E-state index contributed by atoms with van der Waals surface area (Å²) in [6.07, 6.45) is -9.26. The molecule has 1 aliphatic heterocycles. The van der Waals surface area contributed by atoms with E-state index in [0.717, 1.165) is 0 Å². The van der Waals surface area contributed by atoms with Gasteiger partial charge in [0.2, 0.25) is 0 Å². The van der Waals surface area contributed by atoms with Gasteiger partial charge in [0.05, 0.1) is 6.61 Å². The molecule has 1 saturated heterocycles. The molecular weight excluding hydrogens is 196 g/mol. The lowest BCUT2D eigenvalue weighted by Gasteiger charge is -2.39. The summed E-state index contributed by atoms with van der Waals surface area (Å²) >= 11 is 0. The van der Waals surface area contributed by atoms with E-state index in [1.807, 2.05) is 0 Å². The smallest absolute Gasteiger partial charge is 0.184 e. The standard InChI is InChI=1S/C7H14O7/c8-1-2(9)6-4(11)3(10)5(12)7(13)14-6/h2-13H,1H2/t2?,3?,4?,5?,6?,7-/m0/s1. The van der Waals surface area contributed by atoms with Crippen LogP contribution in [0.4, 0.5) is 0 Å². The lowest BCUT2D eigenvalue weighted by Crippen LogP contribution is -2.61. The van der Waals surface area contributed by atoms with Crippen LogP contribution in [0.1, 0.15) is 0 Å². The highest BCUT2D eigenvalue weighted by Gasteiger charge is 2.45. The molecule has 1 fully saturated rings. The number of rotatable bonds is 2. The lowest BCUT2D eigenvalue weighted by molar-refractivity contribution is -0.298. The van der Waals surface area contributed by atoms with Crippen LogP contribution in [0.25, 0.3) is 0 Å². The second-order valence-electron chi connectivity index (χ2n) is 3.21. The van der Waals surface area contributed by atoms with Crippen molar-refractivity contribution in [3.63, 3.8) is 0 Å². The molecule has 7 heteroatoms. The minimum absolute atomic E-state index is 0.683. The Kier molecular flexibility index (Phi) is 3.78. The van der Waals surface area contributed by atoms with E-state index < -0.39 is 43.4 Å². The zero-order valence-corrected chi connectivity index (χ0v) is 7.26. The van der Waals surface area contributed by atoms with E-state index in [2.05, 4.69) is 4.74 Å². The Morgan fingerprint density at radius 1 is 1.00 bits per heavy atom. The number of hydrogen-bond acceptors (Lipinski definition) is 7. The molecule has 0 aromatic heterocycles. The first-order valence-electron chi connectivity index (χ1n) is 4.15. The van der Waals surface area contributed by atoms with Crippen LogP contribution in [0.3, 0.4) is 0 Å². The monoisotopic (exact) mass is 210 g/mol. The van der Waals surface area contributed by atoms with Crippen molar-refractivity contribution in [1.29, 1.82) is 0 Å². The van der Waals surface area contributed by atoms with E-state index in [-0.39, 0.29) is 0 Å². The van der Waals surface area contributed by atoms with E-state index in [9.17, 15) is 10.2 Å². The van der Waals surface area contributed by atoms with Crippen molar-refractivity contribution in [2.24, 2.45) is 0 Å². The molecule has 14 heavy (non-hydrogen) atoms. The molecule has 1 rings (SSSR count). The Hall–Kier alpha value is -0.280. The molecule has 6 N–H and O–H groups in total. The molecule has 5 unspecified atom stereocenters. The van der Waals surface area contributed by atoms with Gasteiger partial charge >= 0.3 is 0 Å². The maximum absolute atomic E-state index is 9.31. The molecule has 0 amide bonds. The highest BCUT2D eigenvalue weighted by Crippen LogP contribution is 2.21. The van der Waals surface area contributed by atoms with Crippen LogP contribution in [0.5, 0.6) is 0 Å². The number of ether oxygens (including phenoxy) is 1. The Balaban J connectivity index is 2.70. The molecule has 0 saturated carbocycles. The van der Waals surface area contributed by atoms with Crippen molar-refractivity contribution in [2.45, 2.75) is 36.8 Å². The van der Waals surface area contributed by atoms with Gasteiger partial charge in [-0.15, -0.1) is 0 Å². The van der Waals surface area contributed by atoms with Crippen LogP contribution in [0.2, 0.25) is 0 Å². The molecule has 6 atom stereocenters. The second-order valence-corrected chi connectivity index (χ2v) is 3.21. The van der Waals surface area contributed by atoms with Crippen LogP contribution >= 0.6 is 0 Å². The summed E-state index contributed by atoms with van der Waals surface area (Å²) < 4.78 is 4.62. The molecule has 0 spiro atoms. The predicted molar refractivity (Wildman–Crippen MR) is 42.0 cm³/mol. The number of aliphatic hydroxyl groups excluding tert-OH is 6. The zero-order chi connectivity index (χ0) is 10.9. The quantitative estimate of drug-likeness (QED) is 0.275. The Labute approximate surface area is 79.8 Å². The summed E-state index contributed by atoms with van der Waals surface area (Å²) in [7, 11) is 0. The first-order chi connectivity index (χ1) is 6.49. The van der Waals surface area contributed by atoms with Gasteiger partial charge in [-0.3, -0.25) is 0 Å². The van der Waals surface area contributed by atoms with Crippen LogP contribution in [0, 0.1) is 0 Å². The summed E-state index contributed by atoms with van der Waals surface area (Å²) in [6.45, 7) is -0.683. The number of aliphatic hydroxyl groups is 6. The average Bonchev–Trinajstić information content (AvgIpc) is 2.19. The molecule has 0 aromatic carbocycles. The van der Waals surface area contributed by atoms with Gasteiger partial charge in [-0.2, -0.15) is 0 Å². The van der Waals surface area contributed by atoms with E-state index in [0.29, 0.717) is 0 Å². The Bertz CT molecular complexity index is 187. The van der Waals surface area contributed by atoms with Gasteiger partial charge in [0.1, 0.15) is 30.5 Å². The average molecular weight is 210 g/mol. The summed E-state index contributed by atoms with van der Waals surface area (Å²) in [5.41, 5.74) is 0. The molecule has 0 radical (unpaired) electrons. The highest BCUT2D eigenvalue weighted by atomic mass is 16.6. The van der Waals surface area contributed by atoms with Crippen molar-refractivity contribution >= 4 is 0 Å². The van der Waals surface area contributed by atoms with Gasteiger partial charge in [0, 0.05) is 0 Å². The van der Waals surface area contributed by atoms with Gasteiger partial charge in [-0.05, 0) is 0 Å². The molecule has 0 aromatic rings. The Morgan fingerprint density at radius 3 is 2.07 bits per heavy atom. The molecule has 7 nitrogen and oxygen atoms in total. The maximum atomic E-state index is 9.31. The summed E-state index contributed by atoms with van der Waals surface area (Å²) in [5, 5.41) is 54.3. The topological polar surface area (TPSA) is 131 Å². The van der Waals surface area contributed by atoms with Crippen molar-refractivity contribution in [2.75, 3.05) is 6.61 Å². The fraction of sp³-hybridized carbons (Fsp3) is 1.00. The first-order valence-corrected chi connectivity index (χ1v) is 4.15. The lowest BCUT2D eigenvalue weighted by atomic mass is 9.96. The van der Waals surface area contributed by atoms with E-state index >= 15 is 0 Å². The van der Waals surface area contributed by atoms with Crippen LogP contribution in [0.15, 0.2) is 0 Å².